The summed E-state index contributed by atoms with van der Waals surface area (Å²) in [4.78, 5) is 23.7. The number of hydrogen-bond acceptors (Lipinski definition) is 3. The van der Waals surface area contributed by atoms with Gasteiger partial charge in [-0.3, -0.25) is 9.59 Å². The molecule has 1 aromatic carbocycles. The molecule has 0 radical (unpaired) electrons. The van der Waals surface area contributed by atoms with Gasteiger partial charge in [-0.15, -0.1) is 0 Å². The number of carbonyl (C=O) groups is 2. The van der Waals surface area contributed by atoms with Crippen LogP contribution in [0, 0.1) is 24.7 Å². The lowest BCUT2D eigenvalue weighted by atomic mass is 9.90. The Labute approximate surface area is 145 Å². The summed E-state index contributed by atoms with van der Waals surface area (Å²) >= 11 is 0. The Hall–Kier alpha value is -1.84. The van der Waals surface area contributed by atoms with Gasteiger partial charge in [0, 0.05) is 5.56 Å². The van der Waals surface area contributed by atoms with E-state index < -0.39 is 0 Å². The largest absolute Gasteiger partial charge is 0.464 e. The molecule has 0 aromatic heterocycles. The highest BCUT2D eigenvalue weighted by Crippen LogP contribution is 2.48. The molecule has 4 heteroatoms. The topological polar surface area (TPSA) is 55.4 Å². The number of fused-ring (bicyclic) bond motifs is 2. The molecule has 2 bridgehead atoms. The van der Waals surface area contributed by atoms with E-state index in [1.807, 2.05) is 32.9 Å². The maximum absolute atomic E-state index is 11.9. The van der Waals surface area contributed by atoms with Crippen LogP contribution in [-0.4, -0.2) is 25.0 Å². The lowest BCUT2D eigenvalue weighted by Gasteiger charge is -2.21. The minimum Gasteiger partial charge on any atom is -0.464 e. The minimum atomic E-state index is -0.344. The van der Waals surface area contributed by atoms with Gasteiger partial charge in [-0.1, -0.05) is 38.0 Å². The SMILES string of the molecule is CC.Cc1ccc(C(=O)NCC(=O)OCC2CC3CCC2C3)cc1. The molecule has 2 fully saturated rings. The maximum Gasteiger partial charge on any atom is 0.325 e. The molecule has 0 heterocycles. The first kappa shape index (κ1) is 18.5. The number of aryl methyl sites for hydroxylation is 1. The lowest BCUT2D eigenvalue weighted by Crippen LogP contribution is -2.31. The van der Waals surface area contributed by atoms with Crippen molar-refractivity contribution in [1.82, 2.24) is 5.32 Å². The number of benzene rings is 1. The van der Waals surface area contributed by atoms with Crippen LogP contribution >= 0.6 is 0 Å². The molecule has 1 amide bonds. The molecular formula is C20H29NO3. The van der Waals surface area contributed by atoms with E-state index in [-0.39, 0.29) is 18.4 Å². The van der Waals surface area contributed by atoms with E-state index in [1.165, 1.54) is 25.7 Å². The van der Waals surface area contributed by atoms with Crippen molar-refractivity contribution in [3.63, 3.8) is 0 Å². The molecule has 2 aliphatic carbocycles. The number of hydrogen-bond donors (Lipinski definition) is 1. The second kappa shape index (κ2) is 8.86. The molecule has 0 aliphatic heterocycles. The van der Waals surface area contributed by atoms with E-state index in [1.54, 1.807) is 12.1 Å². The quantitative estimate of drug-likeness (QED) is 0.837. The molecule has 0 spiro atoms. The zero-order chi connectivity index (χ0) is 17.5. The smallest absolute Gasteiger partial charge is 0.325 e. The Morgan fingerprint density at radius 1 is 1.12 bits per heavy atom. The van der Waals surface area contributed by atoms with E-state index in [0.29, 0.717) is 18.1 Å². The number of carbonyl (C=O) groups excluding carboxylic acids is 2. The fourth-order valence-corrected chi connectivity index (χ4v) is 3.79. The average molecular weight is 331 g/mol. The summed E-state index contributed by atoms with van der Waals surface area (Å²) in [7, 11) is 0. The molecule has 1 N–H and O–H groups in total. The van der Waals surface area contributed by atoms with Crippen LogP contribution in [0.2, 0.25) is 0 Å². The standard InChI is InChI=1S/C18H23NO3.C2H6/c1-12-2-5-14(6-3-12)18(21)19-10-17(20)22-11-16-9-13-4-7-15(16)8-13;1-2/h2-3,5-6,13,15-16H,4,7-11H2,1H3,(H,19,21);1-2H3. The summed E-state index contributed by atoms with van der Waals surface area (Å²) in [5, 5.41) is 2.61. The molecule has 1 aromatic rings. The fraction of sp³-hybridized carbons (Fsp3) is 0.600. The van der Waals surface area contributed by atoms with Gasteiger partial charge >= 0.3 is 5.97 Å². The fourth-order valence-electron chi connectivity index (χ4n) is 3.79. The number of ether oxygens (including phenoxy) is 1. The second-order valence-electron chi connectivity index (χ2n) is 6.67. The van der Waals surface area contributed by atoms with Gasteiger partial charge < -0.3 is 10.1 Å². The van der Waals surface area contributed by atoms with E-state index in [2.05, 4.69) is 5.32 Å². The number of rotatable bonds is 5. The van der Waals surface area contributed by atoms with Crippen molar-refractivity contribution in [2.45, 2.75) is 46.5 Å². The molecule has 3 unspecified atom stereocenters. The first-order valence-electron chi connectivity index (χ1n) is 9.12. The molecule has 2 aliphatic rings. The van der Waals surface area contributed by atoms with Crippen molar-refractivity contribution in [2.24, 2.45) is 17.8 Å². The van der Waals surface area contributed by atoms with E-state index in [0.717, 1.165) is 17.4 Å². The van der Waals surface area contributed by atoms with Crippen LogP contribution in [-0.2, 0) is 9.53 Å². The molecule has 4 nitrogen and oxygen atoms in total. The summed E-state index contributed by atoms with van der Waals surface area (Å²) in [5.74, 6) is 1.56. The van der Waals surface area contributed by atoms with Crippen LogP contribution in [0.25, 0.3) is 0 Å². The van der Waals surface area contributed by atoms with E-state index in [4.69, 9.17) is 4.74 Å². The van der Waals surface area contributed by atoms with Crippen molar-refractivity contribution in [2.75, 3.05) is 13.2 Å². The van der Waals surface area contributed by atoms with Crippen LogP contribution in [0.15, 0.2) is 24.3 Å². The monoisotopic (exact) mass is 331 g/mol. The highest BCUT2D eigenvalue weighted by Gasteiger charge is 2.39. The maximum atomic E-state index is 11.9. The van der Waals surface area contributed by atoms with Crippen LogP contribution < -0.4 is 5.32 Å². The van der Waals surface area contributed by atoms with Crippen molar-refractivity contribution in [3.8, 4) is 0 Å². The number of nitrogens with one attached hydrogen (secondary N) is 1. The molecular weight excluding hydrogens is 302 g/mol. The van der Waals surface area contributed by atoms with Gasteiger partial charge in [0.15, 0.2) is 0 Å². The third kappa shape index (κ3) is 4.83. The molecule has 2 saturated carbocycles. The highest BCUT2D eigenvalue weighted by atomic mass is 16.5. The van der Waals surface area contributed by atoms with E-state index >= 15 is 0 Å². The van der Waals surface area contributed by atoms with Crippen molar-refractivity contribution in [3.05, 3.63) is 35.4 Å². The molecule has 3 atom stereocenters. The predicted molar refractivity (Wildman–Crippen MR) is 94.8 cm³/mol. The van der Waals surface area contributed by atoms with Crippen LogP contribution in [0.4, 0.5) is 0 Å². The predicted octanol–water partition coefficient (Wildman–Crippen LogP) is 3.73. The zero-order valence-corrected chi connectivity index (χ0v) is 15.0. The van der Waals surface area contributed by atoms with Crippen molar-refractivity contribution in [1.29, 1.82) is 0 Å². The highest BCUT2D eigenvalue weighted by molar-refractivity contribution is 5.95. The normalized spacial score (nSPS) is 24.0. The lowest BCUT2D eigenvalue weighted by molar-refractivity contribution is -0.144. The number of amides is 1. The van der Waals surface area contributed by atoms with Crippen LogP contribution in [0.3, 0.4) is 0 Å². The number of esters is 1. The van der Waals surface area contributed by atoms with Crippen LogP contribution in [0.1, 0.15) is 55.5 Å². The molecule has 3 rings (SSSR count). The third-order valence-electron chi connectivity index (χ3n) is 5.05. The van der Waals surface area contributed by atoms with Gasteiger partial charge in [0.25, 0.3) is 5.91 Å². The minimum absolute atomic E-state index is 0.0620. The Kier molecular flexibility index (Phi) is 6.83. The molecule has 132 valence electrons. The molecule has 24 heavy (non-hydrogen) atoms. The Morgan fingerprint density at radius 2 is 1.83 bits per heavy atom. The Morgan fingerprint density at radius 3 is 2.42 bits per heavy atom. The van der Waals surface area contributed by atoms with Gasteiger partial charge in [0.2, 0.25) is 0 Å². The van der Waals surface area contributed by atoms with Gasteiger partial charge in [-0.2, -0.15) is 0 Å². The summed E-state index contributed by atoms with van der Waals surface area (Å²) in [5.41, 5.74) is 1.66. The van der Waals surface area contributed by atoms with Gasteiger partial charge in [-0.25, -0.2) is 0 Å². The van der Waals surface area contributed by atoms with Crippen LogP contribution in [0.5, 0.6) is 0 Å². The molecule has 0 saturated heterocycles. The summed E-state index contributed by atoms with van der Waals surface area (Å²) < 4.78 is 5.33. The van der Waals surface area contributed by atoms with Crippen molar-refractivity contribution >= 4 is 11.9 Å². The zero-order valence-electron chi connectivity index (χ0n) is 15.0. The Balaban J connectivity index is 0.00000100. The van der Waals surface area contributed by atoms with Gasteiger partial charge in [-0.05, 0) is 56.1 Å². The van der Waals surface area contributed by atoms with Crippen molar-refractivity contribution < 1.29 is 14.3 Å². The van der Waals surface area contributed by atoms with Gasteiger partial charge in [0.1, 0.15) is 6.54 Å². The summed E-state index contributed by atoms with van der Waals surface area (Å²) in [6.07, 6.45) is 5.15. The summed E-state index contributed by atoms with van der Waals surface area (Å²) in [6.45, 7) is 6.42. The summed E-state index contributed by atoms with van der Waals surface area (Å²) in [6, 6.07) is 7.27. The first-order valence-corrected chi connectivity index (χ1v) is 9.12. The average Bonchev–Trinajstić information content (AvgIpc) is 3.23. The third-order valence-corrected chi connectivity index (χ3v) is 5.05. The van der Waals surface area contributed by atoms with Gasteiger partial charge in [0.05, 0.1) is 6.61 Å². The first-order chi connectivity index (χ1) is 11.6. The van der Waals surface area contributed by atoms with E-state index in [9.17, 15) is 9.59 Å². The Bertz CT molecular complexity index is 553. The second-order valence-corrected chi connectivity index (χ2v) is 6.67.